The van der Waals surface area contributed by atoms with Crippen LogP contribution >= 0.6 is 0 Å². The van der Waals surface area contributed by atoms with E-state index < -0.39 is 0 Å². The molecule has 2 atom stereocenters. The quantitative estimate of drug-likeness (QED) is 0.754. The van der Waals surface area contributed by atoms with Crippen LogP contribution in [0.15, 0.2) is 55.0 Å². The average Bonchev–Trinajstić information content (AvgIpc) is 3.10. The van der Waals surface area contributed by atoms with Crippen molar-refractivity contribution in [3.63, 3.8) is 0 Å². The predicted octanol–water partition coefficient (Wildman–Crippen LogP) is 2.59. The zero-order valence-corrected chi connectivity index (χ0v) is 15.0. The van der Waals surface area contributed by atoms with Crippen molar-refractivity contribution >= 4 is 17.5 Å². The van der Waals surface area contributed by atoms with E-state index in [9.17, 15) is 0 Å². The summed E-state index contributed by atoms with van der Waals surface area (Å²) in [5, 5.41) is 11.3. The molecule has 4 rings (SSSR count). The second kappa shape index (κ2) is 7.13. The number of nitrogens with one attached hydrogen (secondary N) is 2. The number of para-hydroxylation sites is 1. The lowest BCUT2D eigenvalue weighted by molar-refractivity contribution is 0.405. The molecule has 0 saturated carbocycles. The smallest absolute Gasteiger partial charge is 0.246 e. The fraction of sp³-hybridized carbons (Fsp3) is 0.316. The van der Waals surface area contributed by atoms with Gasteiger partial charge in [0.25, 0.3) is 0 Å². The monoisotopic (exact) mass is 349 g/mol. The fourth-order valence-electron chi connectivity index (χ4n) is 3.33. The van der Waals surface area contributed by atoms with Crippen LogP contribution in [-0.4, -0.2) is 44.9 Å². The first-order chi connectivity index (χ1) is 12.7. The van der Waals surface area contributed by atoms with Crippen molar-refractivity contribution in [3.05, 3.63) is 55.0 Å². The number of piperazine rings is 1. The highest BCUT2D eigenvalue weighted by Crippen LogP contribution is 2.19. The van der Waals surface area contributed by atoms with Crippen molar-refractivity contribution in [1.82, 2.24) is 25.1 Å². The first-order valence-corrected chi connectivity index (χ1v) is 8.88. The summed E-state index contributed by atoms with van der Waals surface area (Å²) >= 11 is 0. The molecular formula is C19H23N7. The van der Waals surface area contributed by atoms with Crippen LogP contribution in [-0.2, 0) is 0 Å². The largest absolute Gasteiger partial charge is 0.353 e. The minimum absolute atomic E-state index is 0.442. The Morgan fingerprint density at radius 1 is 1.04 bits per heavy atom. The number of hydrogen-bond acceptors (Lipinski definition) is 6. The summed E-state index contributed by atoms with van der Waals surface area (Å²) < 4.78 is 1.77. The standard InChI is InChI=1S/C19H23N7/c1-14-11-25(12-15(2)22-14)18-10-17(8-9-20-18)26-13-21-19(24-26)23-16-6-4-3-5-7-16/h3-10,13-15,22H,11-12H2,1-2H3,(H,23,24)/t14-,15+. The Bertz CT molecular complexity index is 851. The average molecular weight is 349 g/mol. The number of nitrogens with zero attached hydrogens (tertiary/aromatic N) is 5. The molecule has 3 aromatic rings. The highest BCUT2D eigenvalue weighted by atomic mass is 15.4. The van der Waals surface area contributed by atoms with Gasteiger partial charge in [-0.2, -0.15) is 4.98 Å². The van der Waals surface area contributed by atoms with Gasteiger partial charge in [-0.25, -0.2) is 9.67 Å². The number of hydrogen-bond donors (Lipinski definition) is 2. The van der Waals surface area contributed by atoms with Gasteiger partial charge in [0.1, 0.15) is 12.1 Å². The second-order valence-electron chi connectivity index (χ2n) is 6.75. The van der Waals surface area contributed by atoms with Crippen molar-refractivity contribution in [1.29, 1.82) is 0 Å². The van der Waals surface area contributed by atoms with Gasteiger partial charge in [0.2, 0.25) is 5.95 Å². The highest BCUT2D eigenvalue weighted by molar-refractivity contribution is 5.53. The van der Waals surface area contributed by atoms with Gasteiger partial charge in [-0.1, -0.05) is 18.2 Å². The molecule has 2 N–H and O–H groups in total. The summed E-state index contributed by atoms with van der Waals surface area (Å²) in [5.74, 6) is 1.54. The van der Waals surface area contributed by atoms with Crippen LogP contribution in [0.5, 0.6) is 0 Å². The molecule has 1 saturated heterocycles. The van der Waals surface area contributed by atoms with Crippen LogP contribution in [0, 0.1) is 0 Å². The molecule has 1 aromatic carbocycles. The Morgan fingerprint density at radius 3 is 2.58 bits per heavy atom. The maximum absolute atomic E-state index is 4.55. The molecule has 26 heavy (non-hydrogen) atoms. The van der Waals surface area contributed by atoms with Gasteiger partial charge in [-0.15, -0.1) is 5.10 Å². The minimum Gasteiger partial charge on any atom is -0.353 e. The molecule has 0 aliphatic carbocycles. The number of rotatable bonds is 4. The van der Waals surface area contributed by atoms with E-state index >= 15 is 0 Å². The van der Waals surface area contributed by atoms with Crippen LogP contribution in [0.3, 0.4) is 0 Å². The number of anilines is 3. The molecule has 134 valence electrons. The van der Waals surface area contributed by atoms with Crippen molar-refractivity contribution in [3.8, 4) is 5.69 Å². The van der Waals surface area contributed by atoms with E-state index in [1.54, 1.807) is 11.0 Å². The van der Waals surface area contributed by atoms with E-state index in [-0.39, 0.29) is 0 Å². The van der Waals surface area contributed by atoms with Crippen LogP contribution in [0.2, 0.25) is 0 Å². The molecule has 7 nitrogen and oxygen atoms in total. The summed E-state index contributed by atoms with van der Waals surface area (Å²) in [4.78, 5) is 11.2. The molecule has 0 unspecified atom stereocenters. The predicted molar refractivity (Wildman–Crippen MR) is 103 cm³/mol. The van der Waals surface area contributed by atoms with Gasteiger partial charge in [0, 0.05) is 43.1 Å². The lowest BCUT2D eigenvalue weighted by Gasteiger charge is -2.37. The third-order valence-corrected chi connectivity index (χ3v) is 4.40. The lowest BCUT2D eigenvalue weighted by atomic mass is 10.1. The fourth-order valence-corrected chi connectivity index (χ4v) is 3.33. The van der Waals surface area contributed by atoms with Crippen molar-refractivity contribution in [2.24, 2.45) is 0 Å². The summed E-state index contributed by atoms with van der Waals surface area (Å²) in [6.07, 6.45) is 3.54. The van der Waals surface area contributed by atoms with Crippen molar-refractivity contribution in [2.75, 3.05) is 23.3 Å². The van der Waals surface area contributed by atoms with Gasteiger partial charge in [0.05, 0.1) is 5.69 Å². The third-order valence-electron chi connectivity index (χ3n) is 4.40. The number of benzene rings is 1. The molecule has 0 amide bonds. The molecule has 0 spiro atoms. The topological polar surface area (TPSA) is 70.9 Å². The van der Waals surface area contributed by atoms with Crippen molar-refractivity contribution in [2.45, 2.75) is 25.9 Å². The molecule has 3 heterocycles. The summed E-state index contributed by atoms with van der Waals surface area (Å²) in [6, 6.07) is 14.8. The summed E-state index contributed by atoms with van der Waals surface area (Å²) in [6.45, 7) is 6.29. The number of aromatic nitrogens is 4. The van der Waals surface area contributed by atoms with E-state index in [0.717, 1.165) is 30.3 Å². The zero-order chi connectivity index (χ0) is 17.9. The maximum Gasteiger partial charge on any atom is 0.246 e. The molecule has 7 heteroatoms. The van der Waals surface area contributed by atoms with Gasteiger partial charge < -0.3 is 15.5 Å². The number of pyridine rings is 1. The minimum atomic E-state index is 0.442. The van der Waals surface area contributed by atoms with Crippen molar-refractivity contribution < 1.29 is 0 Å². The molecule has 0 radical (unpaired) electrons. The lowest BCUT2D eigenvalue weighted by Crippen LogP contribution is -2.54. The normalized spacial score (nSPS) is 20.2. The molecule has 2 aromatic heterocycles. The molecule has 1 fully saturated rings. The van der Waals surface area contributed by atoms with Gasteiger partial charge >= 0.3 is 0 Å². The van der Waals surface area contributed by atoms with E-state index in [4.69, 9.17) is 0 Å². The van der Waals surface area contributed by atoms with E-state index in [1.807, 2.05) is 42.6 Å². The van der Waals surface area contributed by atoms with Crippen LogP contribution in [0.1, 0.15) is 13.8 Å². The Morgan fingerprint density at radius 2 is 1.81 bits per heavy atom. The zero-order valence-electron chi connectivity index (χ0n) is 15.0. The first kappa shape index (κ1) is 16.5. The molecule has 1 aliphatic rings. The molecular weight excluding hydrogens is 326 g/mol. The van der Waals surface area contributed by atoms with E-state index in [2.05, 4.69) is 50.5 Å². The van der Waals surface area contributed by atoms with Gasteiger partial charge in [0.15, 0.2) is 0 Å². The van der Waals surface area contributed by atoms with E-state index in [1.165, 1.54) is 0 Å². The highest BCUT2D eigenvalue weighted by Gasteiger charge is 2.22. The Balaban J connectivity index is 1.53. The van der Waals surface area contributed by atoms with Crippen LogP contribution < -0.4 is 15.5 Å². The van der Waals surface area contributed by atoms with Crippen LogP contribution in [0.25, 0.3) is 5.69 Å². The van der Waals surface area contributed by atoms with Gasteiger partial charge in [-0.05, 0) is 32.0 Å². The first-order valence-electron chi connectivity index (χ1n) is 8.88. The second-order valence-corrected chi connectivity index (χ2v) is 6.75. The molecule has 0 bridgehead atoms. The third kappa shape index (κ3) is 3.67. The SMILES string of the molecule is C[C@@H]1CN(c2cc(-n3cnc(Nc4ccccc4)n3)ccn2)C[C@H](C)N1. The Labute approximate surface area is 153 Å². The van der Waals surface area contributed by atoms with E-state index in [0.29, 0.717) is 18.0 Å². The summed E-state index contributed by atoms with van der Waals surface area (Å²) in [7, 11) is 0. The molecule has 1 aliphatic heterocycles. The summed E-state index contributed by atoms with van der Waals surface area (Å²) in [5.41, 5.74) is 1.91. The maximum atomic E-state index is 4.55. The van der Waals surface area contributed by atoms with Crippen LogP contribution in [0.4, 0.5) is 17.5 Å². The Hall–Kier alpha value is -2.93. The van der Waals surface area contributed by atoms with Gasteiger partial charge in [-0.3, -0.25) is 0 Å². The Kier molecular flexibility index (Phi) is 4.53.